The molecule has 0 spiro atoms. The molecule has 0 radical (unpaired) electrons. The maximum atomic E-state index is 14.4. The van der Waals surface area contributed by atoms with E-state index in [-0.39, 0.29) is 24.8 Å². The number of rotatable bonds is 7. The Bertz CT molecular complexity index is 1360. The Hall–Kier alpha value is -3.62. The molecule has 3 aromatic rings. The molecule has 8 heteroatoms. The minimum absolute atomic E-state index is 0.0437. The van der Waals surface area contributed by atoms with Crippen molar-refractivity contribution in [3.63, 3.8) is 0 Å². The summed E-state index contributed by atoms with van der Waals surface area (Å²) in [6, 6.07) is 21.0. The number of carbonyl (C=O) groups excluding carboxylic acids is 1. The Morgan fingerprint density at radius 3 is 2.13 bits per heavy atom. The Labute approximate surface area is 229 Å². The fourth-order valence-corrected chi connectivity index (χ4v) is 5.07. The van der Waals surface area contributed by atoms with Gasteiger partial charge in [-0.05, 0) is 61.5 Å². The number of ether oxygens (including phenoxy) is 2. The summed E-state index contributed by atoms with van der Waals surface area (Å²) < 4.78 is 37.9. The van der Waals surface area contributed by atoms with E-state index < -0.39 is 30.2 Å². The van der Waals surface area contributed by atoms with Gasteiger partial charge >= 0.3 is 13.2 Å². The predicted molar refractivity (Wildman–Crippen MR) is 150 cm³/mol. The van der Waals surface area contributed by atoms with E-state index in [1.807, 2.05) is 52.0 Å². The Kier molecular flexibility index (Phi) is 7.27. The molecule has 1 saturated heterocycles. The number of halogens is 1. The fourth-order valence-electron chi connectivity index (χ4n) is 5.07. The summed E-state index contributed by atoms with van der Waals surface area (Å²) in [5.41, 5.74) is 4.54. The van der Waals surface area contributed by atoms with E-state index in [2.05, 4.69) is 29.6 Å². The standard InChI is InChI=1S/C31H33BFNO5/c1-30(2)31(3,4)39-32(38-30)21(17-20-11-10-16-27(33)28(20)36-5)18-34-29(35)37-19-26-24-14-8-6-12-22(24)23-13-7-9-15-25(23)26/h6-17,26H,18-19H2,1-5H3,(H,34,35). The van der Waals surface area contributed by atoms with Gasteiger partial charge < -0.3 is 24.1 Å². The second-order valence-corrected chi connectivity index (χ2v) is 10.8. The lowest BCUT2D eigenvalue weighted by Crippen LogP contribution is -2.41. The van der Waals surface area contributed by atoms with Gasteiger partial charge in [-0.25, -0.2) is 9.18 Å². The largest absolute Gasteiger partial charge is 0.493 e. The van der Waals surface area contributed by atoms with Gasteiger partial charge in [-0.2, -0.15) is 0 Å². The van der Waals surface area contributed by atoms with Crippen LogP contribution < -0.4 is 10.1 Å². The van der Waals surface area contributed by atoms with E-state index in [1.165, 1.54) is 13.2 Å². The molecule has 39 heavy (non-hydrogen) atoms. The molecule has 2 aliphatic rings. The zero-order chi connectivity index (χ0) is 27.8. The highest BCUT2D eigenvalue weighted by Crippen LogP contribution is 2.44. The van der Waals surface area contributed by atoms with Crippen LogP contribution in [-0.4, -0.2) is 44.7 Å². The summed E-state index contributed by atoms with van der Waals surface area (Å²) in [6.45, 7) is 8.08. The van der Waals surface area contributed by atoms with Crippen molar-refractivity contribution in [3.05, 3.63) is 94.7 Å². The summed E-state index contributed by atoms with van der Waals surface area (Å²) in [4.78, 5) is 12.9. The minimum atomic E-state index is -0.753. The highest BCUT2D eigenvalue weighted by atomic mass is 19.1. The molecule has 6 nitrogen and oxygen atoms in total. The van der Waals surface area contributed by atoms with Gasteiger partial charge in [0.1, 0.15) is 6.61 Å². The van der Waals surface area contributed by atoms with E-state index in [4.69, 9.17) is 18.8 Å². The van der Waals surface area contributed by atoms with Crippen LogP contribution in [0, 0.1) is 5.82 Å². The first kappa shape index (κ1) is 27.0. The van der Waals surface area contributed by atoms with Crippen molar-refractivity contribution in [1.29, 1.82) is 0 Å². The summed E-state index contributed by atoms with van der Waals surface area (Å²) in [5, 5.41) is 2.83. The molecule has 1 fully saturated rings. The molecule has 1 aliphatic carbocycles. The van der Waals surface area contributed by atoms with E-state index in [9.17, 15) is 9.18 Å². The molecule has 3 aromatic carbocycles. The molecule has 0 unspecified atom stereocenters. The number of amides is 1. The lowest BCUT2D eigenvalue weighted by atomic mass is 9.77. The number of hydrogen-bond acceptors (Lipinski definition) is 5. The van der Waals surface area contributed by atoms with Gasteiger partial charge in [-0.3, -0.25) is 0 Å². The Balaban J connectivity index is 1.33. The fraction of sp³-hybridized carbons (Fsp3) is 0.323. The average molecular weight is 529 g/mol. The van der Waals surface area contributed by atoms with Crippen LogP contribution in [0.5, 0.6) is 5.75 Å². The van der Waals surface area contributed by atoms with E-state index in [1.54, 1.807) is 18.2 Å². The van der Waals surface area contributed by atoms with Crippen LogP contribution in [0.4, 0.5) is 9.18 Å². The zero-order valence-electron chi connectivity index (χ0n) is 22.9. The van der Waals surface area contributed by atoms with Gasteiger partial charge in [0.05, 0.1) is 18.3 Å². The number of benzene rings is 3. The van der Waals surface area contributed by atoms with E-state index in [0.717, 1.165) is 22.3 Å². The maximum absolute atomic E-state index is 14.4. The first-order valence-corrected chi connectivity index (χ1v) is 13.1. The highest BCUT2D eigenvalue weighted by molar-refractivity contribution is 6.56. The van der Waals surface area contributed by atoms with Crippen molar-refractivity contribution in [2.24, 2.45) is 0 Å². The second-order valence-electron chi connectivity index (χ2n) is 10.8. The van der Waals surface area contributed by atoms with Gasteiger partial charge in [0.25, 0.3) is 0 Å². The van der Waals surface area contributed by atoms with E-state index >= 15 is 0 Å². The van der Waals surface area contributed by atoms with Crippen LogP contribution >= 0.6 is 0 Å². The van der Waals surface area contributed by atoms with Crippen molar-refractivity contribution < 1.29 is 28.0 Å². The van der Waals surface area contributed by atoms with E-state index in [0.29, 0.717) is 11.0 Å². The Morgan fingerprint density at radius 2 is 1.54 bits per heavy atom. The first-order chi connectivity index (χ1) is 18.6. The topological polar surface area (TPSA) is 66.0 Å². The molecule has 202 valence electrons. The molecule has 1 N–H and O–H groups in total. The molecule has 0 atom stereocenters. The average Bonchev–Trinajstić information content (AvgIpc) is 3.34. The van der Waals surface area contributed by atoms with Gasteiger partial charge in [-0.1, -0.05) is 66.7 Å². The first-order valence-electron chi connectivity index (χ1n) is 13.1. The predicted octanol–water partition coefficient (Wildman–Crippen LogP) is 6.39. The van der Waals surface area contributed by atoms with Crippen LogP contribution in [0.25, 0.3) is 17.2 Å². The number of alkyl carbamates (subject to hydrolysis) is 1. The van der Waals surface area contributed by atoms with Crippen LogP contribution in [-0.2, 0) is 14.0 Å². The molecular formula is C31H33BFNO5. The van der Waals surface area contributed by atoms with Gasteiger partial charge in [-0.15, -0.1) is 0 Å². The molecule has 1 aliphatic heterocycles. The van der Waals surface area contributed by atoms with Crippen molar-refractivity contribution in [2.45, 2.75) is 44.8 Å². The molecule has 5 rings (SSSR count). The number of hydrogen-bond donors (Lipinski definition) is 1. The van der Waals surface area contributed by atoms with Gasteiger partial charge in [0, 0.05) is 18.0 Å². The van der Waals surface area contributed by atoms with Crippen LogP contribution in [0.3, 0.4) is 0 Å². The number of fused-ring (bicyclic) bond motifs is 3. The SMILES string of the molecule is COc1c(F)cccc1C=C(CNC(=O)OCC1c2ccccc2-c2ccccc21)B1OC(C)(C)C(C)(C)O1. The third-order valence-electron chi connectivity index (χ3n) is 7.88. The van der Waals surface area contributed by atoms with Crippen molar-refractivity contribution in [2.75, 3.05) is 20.3 Å². The molecular weight excluding hydrogens is 496 g/mol. The summed E-state index contributed by atoms with van der Waals surface area (Å²) >= 11 is 0. The summed E-state index contributed by atoms with van der Waals surface area (Å²) in [5.74, 6) is -0.422. The molecule has 0 aromatic heterocycles. The Morgan fingerprint density at radius 1 is 0.949 bits per heavy atom. The normalized spacial score (nSPS) is 17.5. The third-order valence-corrected chi connectivity index (χ3v) is 7.88. The van der Waals surface area contributed by atoms with Crippen LogP contribution in [0.2, 0.25) is 0 Å². The quantitative estimate of drug-likeness (QED) is 0.360. The smallest absolute Gasteiger partial charge is 0.492 e. The number of para-hydroxylation sites is 1. The molecule has 1 amide bonds. The number of carbonyl (C=O) groups is 1. The monoisotopic (exact) mass is 529 g/mol. The highest BCUT2D eigenvalue weighted by Gasteiger charge is 2.52. The van der Waals surface area contributed by atoms with Crippen molar-refractivity contribution in [1.82, 2.24) is 5.32 Å². The van der Waals surface area contributed by atoms with Gasteiger partial charge in [0.15, 0.2) is 11.6 Å². The second kappa shape index (κ2) is 10.5. The maximum Gasteiger partial charge on any atom is 0.492 e. The minimum Gasteiger partial charge on any atom is -0.493 e. The summed E-state index contributed by atoms with van der Waals surface area (Å²) in [7, 11) is 0.663. The summed E-state index contributed by atoms with van der Waals surface area (Å²) in [6.07, 6.45) is 1.17. The molecule has 0 bridgehead atoms. The molecule has 1 heterocycles. The number of methoxy groups -OCH3 is 1. The van der Waals surface area contributed by atoms with Crippen molar-refractivity contribution >= 4 is 19.3 Å². The number of nitrogens with one attached hydrogen (secondary N) is 1. The lowest BCUT2D eigenvalue weighted by molar-refractivity contribution is 0.00578. The van der Waals surface area contributed by atoms with Crippen molar-refractivity contribution in [3.8, 4) is 16.9 Å². The van der Waals surface area contributed by atoms with Gasteiger partial charge in [0.2, 0.25) is 0 Å². The molecule has 0 saturated carbocycles. The van der Waals surface area contributed by atoms with Crippen LogP contribution in [0.15, 0.2) is 72.2 Å². The van der Waals surface area contributed by atoms with Crippen LogP contribution in [0.1, 0.15) is 50.3 Å². The lowest BCUT2D eigenvalue weighted by Gasteiger charge is -2.32. The zero-order valence-corrected chi connectivity index (χ0v) is 22.9. The third kappa shape index (κ3) is 5.19.